The lowest BCUT2D eigenvalue weighted by Gasteiger charge is -2.14. The van der Waals surface area contributed by atoms with Crippen LogP contribution in [0, 0.1) is 0 Å². The Hall–Kier alpha value is -2.81. The van der Waals surface area contributed by atoms with Crippen molar-refractivity contribution >= 4 is 17.3 Å². The molecule has 0 unspecified atom stereocenters. The standard InChI is InChI=1S/C19H14O3/c20-17(11-10-13-6-2-1-3-7-13)16-12-18(21)14-8-4-5-9-15(14)19(16)22/h1-9,12H,10-11H2. The zero-order chi connectivity index (χ0) is 15.5. The van der Waals surface area contributed by atoms with Crippen LogP contribution in [-0.4, -0.2) is 17.3 Å². The molecule has 0 heterocycles. The molecule has 1 aliphatic rings. The van der Waals surface area contributed by atoms with E-state index in [1.807, 2.05) is 30.3 Å². The fourth-order valence-corrected chi connectivity index (χ4v) is 2.56. The van der Waals surface area contributed by atoms with Gasteiger partial charge >= 0.3 is 0 Å². The summed E-state index contributed by atoms with van der Waals surface area (Å²) < 4.78 is 0. The summed E-state index contributed by atoms with van der Waals surface area (Å²) in [7, 11) is 0. The second-order valence-electron chi connectivity index (χ2n) is 5.21. The molecule has 3 heteroatoms. The molecule has 0 N–H and O–H groups in total. The van der Waals surface area contributed by atoms with Gasteiger partial charge in [0.05, 0.1) is 5.57 Å². The highest BCUT2D eigenvalue weighted by atomic mass is 16.2. The molecule has 0 aliphatic heterocycles. The first-order valence-electron chi connectivity index (χ1n) is 7.13. The number of Topliss-reactive ketones (excluding diaryl/α,β-unsaturated/α-hetero) is 2. The maximum Gasteiger partial charge on any atom is 0.197 e. The van der Waals surface area contributed by atoms with Crippen LogP contribution in [0.5, 0.6) is 0 Å². The number of aryl methyl sites for hydroxylation is 1. The first-order chi connectivity index (χ1) is 10.7. The molecule has 0 fully saturated rings. The third-order valence-electron chi connectivity index (χ3n) is 3.74. The molecule has 0 saturated heterocycles. The number of hydrogen-bond acceptors (Lipinski definition) is 3. The normalized spacial score (nSPS) is 13.5. The van der Waals surface area contributed by atoms with E-state index in [9.17, 15) is 14.4 Å². The number of carbonyl (C=O) groups excluding carboxylic acids is 3. The van der Waals surface area contributed by atoms with Gasteiger partial charge in [0.25, 0.3) is 0 Å². The fraction of sp³-hybridized carbons (Fsp3) is 0.105. The minimum Gasteiger partial charge on any atom is -0.294 e. The summed E-state index contributed by atoms with van der Waals surface area (Å²) in [6, 6.07) is 16.2. The summed E-state index contributed by atoms with van der Waals surface area (Å²) in [6.45, 7) is 0. The predicted molar refractivity (Wildman–Crippen MR) is 83.0 cm³/mol. The van der Waals surface area contributed by atoms with Crippen LogP contribution in [0.15, 0.2) is 66.2 Å². The van der Waals surface area contributed by atoms with E-state index in [-0.39, 0.29) is 29.3 Å². The number of carbonyl (C=O) groups is 3. The zero-order valence-corrected chi connectivity index (χ0v) is 11.9. The first-order valence-corrected chi connectivity index (χ1v) is 7.13. The van der Waals surface area contributed by atoms with Crippen LogP contribution in [0.25, 0.3) is 0 Å². The van der Waals surface area contributed by atoms with Crippen molar-refractivity contribution in [2.75, 3.05) is 0 Å². The van der Waals surface area contributed by atoms with Crippen molar-refractivity contribution < 1.29 is 14.4 Å². The van der Waals surface area contributed by atoms with Gasteiger partial charge in [-0.25, -0.2) is 0 Å². The molecule has 0 radical (unpaired) electrons. The number of benzene rings is 2. The van der Waals surface area contributed by atoms with Gasteiger partial charge in [-0.15, -0.1) is 0 Å². The molecule has 0 spiro atoms. The van der Waals surface area contributed by atoms with Crippen molar-refractivity contribution in [3.63, 3.8) is 0 Å². The second-order valence-corrected chi connectivity index (χ2v) is 5.21. The lowest BCUT2D eigenvalue weighted by molar-refractivity contribution is -0.115. The second kappa shape index (κ2) is 5.90. The maximum atomic E-state index is 12.4. The van der Waals surface area contributed by atoms with E-state index >= 15 is 0 Å². The summed E-state index contributed by atoms with van der Waals surface area (Å²) in [5, 5.41) is 0. The van der Waals surface area contributed by atoms with E-state index in [0.717, 1.165) is 5.56 Å². The average Bonchev–Trinajstić information content (AvgIpc) is 2.57. The van der Waals surface area contributed by atoms with Gasteiger partial charge in [0.15, 0.2) is 17.3 Å². The minimum atomic E-state index is -0.353. The minimum absolute atomic E-state index is 0.000342. The molecule has 3 rings (SSSR count). The van der Waals surface area contributed by atoms with Crippen LogP contribution in [0.4, 0.5) is 0 Å². The quantitative estimate of drug-likeness (QED) is 0.813. The lowest BCUT2D eigenvalue weighted by atomic mass is 9.86. The smallest absolute Gasteiger partial charge is 0.197 e. The Morgan fingerprint density at radius 3 is 2.18 bits per heavy atom. The molecule has 2 aromatic carbocycles. The number of allylic oxidation sites excluding steroid dienone is 2. The van der Waals surface area contributed by atoms with Gasteiger partial charge in [-0.2, -0.15) is 0 Å². The Labute approximate surface area is 128 Å². The molecule has 3 nitrogen and oxygen atoms in total. The molecule has 0 amide bonds. The Bertz CT molecular complexity index is 785. The van der Waals surface area contributed by atoms with Gasteiger partial charge < -0.3 is 0 Å². The molecular weight excluding hydrogens is 276 g/mol. The highest BCUT2D eigenvalue weighted by molar-refractivity contribution is 6.34. The largest absolute Gasteiger partial charge is 0.294 e. The SMILES string of the molecule is O=C(CCc1ccccc1)C1=CC(=O)c2ccccc2C1=O. The Balaban J connectivity index is 1.79. The molecule has 22 heavy (non-hydrogen) atoms. The van der Waals surface area contributed by atoms with E-state index < -0.39 is 0 Å². The summed E-state index contributed by atoms with van der Waals surface area (Å²) in [4.78, 5) is 36.7. The van der Waals surface area contributed by atoms with Crippen LogP contribution in [-0.2, 0) is 11.2 Å². The van der Waals surface area contributed by atoms with Crippen LogP contribution < -0.4 is 0 Å². The molecule has 0 aromatic heterocycles. The Morgan fingerprint density at radius 1 is 0.818 bits per heavy atom. The van der Waals surface area contributed by atoms with Gasteiger partial charge in [0.1, 0.15) is 0 Å². The molecule has 108 valence electrons. The maximum absolute atomic E-state index is 12.4. The summed E-state index contributed by atoms with van der Waals surface area (Å²) in [6.07, 6.45) is 1.95. The van der Waals surface area contributed by atoms with Gasteiger partial charge in [-0.3, -0.25) is 14.4 Å². The van der Waals surface area contributed by atoms with E-state index in [0.29, 0.717) is 17.5 Å². The molecule has 0 saturated carbocycles. The first kappa shape index (κ1) is 14.1. The molecular formula is C19H14O3. The van der Waals surface area contributed by atoms with Crippen molar-refractivity contribution in [2.45, 2.75) is 12.8 Å². The van der Waals surface area contributed by atoms with Gasteiger partial charge in [-0.05, 0) is 12.0 Å². The molecule has 1 aliphatic carbocycles. The zero-order valence-electron chi connectivity index (χ0n) is 11.9. The van der Waals surface area contributed by atoms with E-state index in [1.54, 1.807) is 24.3 Å². The van der Waals surface area contributed by atoms with Gasteiger partial charge in [0.2, 0.25) is 0 Å². The van der Waals surface area contributed by atoms with Crippen molar-refractivity contribution in [3.8, 4) is 0 Å². The monoisotopic (exact) mass is 290 g/mol. The van der Waals surface area contributed by atoms with Gasteiger partial charge in [-0.1, -0.05) is 54.6 Å². The van der Waals surface area contributed by atoms with Crippen molar-refractivity contribution in [2.24, 2.45) is 0 Å². The van der Waals surface area contributed by atoms with E-state index in [1.165, 1.54) is 6.08 Å². The predicted octanol–water partition coefficient (Wildman–Crippen LogP) is 3.19. The number of rotatable bonds is 4. The number of ketones is 3. The van der Waals surface area contributed by atoms with Crippen molar-refractivity contribution in [3.05, 3.63) is 82.9 Å². The topological polar surface area (TPSA) is 51.2 Å². The highest BCUT2D eigenvalue weighted by Crippen LogP contribution is 2.22. The third kappa shape index (κ3) is 2.66. The third-order valence-corrected chi connectivity index (χ3v) is 3.74. The van der Waals surface area contributed by atoms with Crippen molar-refractivity contribution in [1.82, 2.24) is 0 Å². The molecule has 0 bridgehead atoms. The van der Waals surface area contributed by atoms with Gasteiger partial charge in [0, 0.05) is 23.6 Å². The number of fused-ring (bicyclic) bond motifs is 1. The Morgan fingerprint density at radius 2 is 1.45 bits per heavy atom. The Kier molecular flexibility index (Phi) is 3.79. The van der Waals surface area contributed by atoms with E-state index in [4.69, 9.17) is 0 Å². The van der Waals surface area contributed by atoms with Crippen LogP contribution in [0.3, 0.4) is 0 Å². The van der Waals surface area contributed by atoms with Crippen molar-refractivity contribution in [1.29, 1.82) is 0 Å². The van der Waals surface area contributed by atoms with E-state index in [2.05, 4.69) is 0 Å². The van der Waals surface area contributed by atoms with Crippen LogP contribution >= 0.6 is 0 Å². The molecule has 2 aromatic rings. The fourth-order valence-electron chi connectivity index (χ4n) is 2.56. The highest BCUT2D eigenvalue weighted by Gasteiger charge is 2.28. The average molecular weight is 290 g/mol. The van der Waals surface area contributed by atoms with Crippen LogP contribution in [0.2, 0.25) is 0 Å². The summed E-state index contributed by atoms with van der Waals surface area (Å²) in [5.41, 5.74) is 1.72. The lowest BCUT2D eigenvalue weighted by Crippen LogP contribution is -2.22. The summed E-state index contributed by atoms with van der Waals surface area (Å²) in [5.74, 6) is -0.914. The van der Waals surface area contributed by atoms with Crippen LogP contribution in [0.1, 0.15) is 32.7 Å². The summed E-state index contributed by atoms with van der Waals surface area (Å²) >= 11 is 0. The molecule has 0 atom stereocenters. The number of hydrogen-bond donors (Lipinski definition) is 0.